The van der Waals surface area contributed by atoms with Crippen LogP contribution in [0.3, 0.4) is 0 Å². The van der Waals surface area contributed by atoms with Crippen molar-refractivity contribution in [1.29, 1.82) is 0 Å². The van der Waals surface area contributed by atoms with Crippen molar-refractivity contribution in [3.63, 3.8) is 0 Å². The van der Waals surface area contributed by atoms with E-state index in [4.69, 9.17) is 5.73 Å². The van der Waals surface area contributed by atoms with Gasteiger partial charge in [0.1, 0.15) is 5.54 Å². The Morgan fingerprint density at radius 3 is 2.37 bits per heavy atom. The molecule has 0 radical (unpaired) electrons. The molecule has 1 saturated carbocycles. The molecule has 0 aromatic heterocycles. The van der Waals surface area contributed by atoms with Crippen molar-refractivity contribution in [3.8, 4) is 0 Å². The van der Waals surface area contributed by atoms with Crippen LogP contribution in [0.2, 0.25) is 0 Å². The summed E-state index contributed by atoms with van der Waals surface area (Å²) in [6.07, 6.45) is 8.37. The van der Waals surface area contributed by atoms with Crippen LogP contribution in [0.4, 0.5) is 5.69 Å². The summed E-state index contributed by atoms with van der Waals surface area (Å²) in [7, 11) is -3.57. The quantitative estimate of drug-likeness (QED) is 0.387. The molecule has 0 unspecified atom stereocenters. The standard InChI is InChI=1S/C28H42N4O5S/c1-4-5-6-22-7-9-24(10-8-22)26(34)31-28(27(29)35)14-16-32(17-15-28)38(36,37)18-13-23-11-12-25(19-20(23)2)30-21(3)33/h6,11-12,19,24H,4-5,7-10,13-18H2,1-3H3,(H2,29,35)(H,30,33)(H,31,34). The number of sulfonamides is 1. The van der Waals surface area contributed by atoms with Gasteiger partial charge in [0, 0.05) is 31.6 Å². The zero-order chi connectivity index (χ0) is 27.9. The van der Waals surface area contributed by atoms with Crippen molar-refractivity contribution in [2.75, 3.05) is 24.2 Å². The fourth-order valence-corrected chi connectivity index (χ4v) is 6.82. The van der Waals surface area contributed by atoms with Crippen LogP contribution >= 0.6 is 0 Å². The summed E-state index contributed by atoms with van der Waals surface area (Å²) in [6.45, 7) is 5.71. The van der Waals surface area contributed by atoms with Crippen molar-refractivity contribution in [2.45, 2.75) is 84.1 Å². The third kappa shape index (κ3) is 7.66. The van der Waals surface area contributed by atoms with Crippen LogP contribution in [0.5, 0.6) is 0 Å². The zero-order valence-electron chi connectivity index (χ0n) is 22.8. The number of nitrogens with one attached hydrogen (secondary N) is 2. The van der Waals surface area contributed by atoms with Crippen LogP contribution in [0.1, 0.15) is 76.3 Å². The van der Waals surface area contributed by atoms with Crippen molar-refractivity contribution >= 4 is 33.4 Å². The molecule has 1 saturated heterocycles. The maximum absolute atomic E-state index is 13.1. The van der Waals surface area contributed by atoms with Crippen LogP contribution < -0.4 is 16.4 Å². The molecule has 1 heterocycles. The maximum Gasteiger partial charge on any atom is 0.243 e. The zero-order valence-corrected chi connectivity index (χ0v) is 23.7. The summed E-state index contributed by atoms with van der Waals surface area (Å²) >= 11 is 0. The number of piperidine rings is 1. The molecule has 0 spiro atoms. The molecule has 38 heavy (non-hydrogen) atoms. The van der Waals surface area contributed by atoms with Gasteiger partial charge < -0.3 is 16.4 Å². The Hall–Kier alpha value is -2.72. The molecule has 3 amide bonds. The van der Waals surface area contributed by atoms with Gasteiger partial charge in [-0.25, -0.2) is 12.7 Å². The van der Waals surface area contributed by atoms with Crippen molar-refractivity contribution in [1.82, 2.24) is 9.62 Å². The SMILES string of the molecule is CCCC=C1CCC(C(=O)NC2(C(N)=O)CCN(S(=O)(=O)CCc3ccc(NC(C)=O)cc3C)CC2)CC1. The highest BCUT2D eigenvalue weighted by molar-refractivity contribution is 7.89. The molecular formula is C28H42N4O5S. The van der Waals surface area contributed by atoms with Crippen LogP contribution in [-0.4, -0.2) is 54.8 Å². The predicted molar refractivity (Wildman–Crippen MR) is 149 cm³/mol. The summed E-state index contributed by atoms with van der Waals surface area (Å²) in [5.74, 6) is -1.17. The molecule has 2 aliphatic rings. The number of amides is 3. The van der Waals surface area contributed by atoms with Crippen LogP contribution in [0, 0.1) is 12.8 Å². The van der Waals surface area contributed by atoms with Gasteiger partial charge in [0.2, 0.25) is 27.7 Å². The highest BCUT2D eigenvalue weighted by Gasteiger charge is 2.44. The highest BCUT2D eigenvalue weighted by Crippen LogP contribution is 2.31. The first-order valence-electron chi connectivity index (χ1n) is 13.6. The lowest BCUT2D eigenvalue weighted by Gasteiger charge is -2.40. The van der Waals surface area contributed by atoms with E-state index in [1.54, 1.807) is 6.07 Å². The highest BCUT2D eigenvalue weighted by atomic mass is 32.2. The normalized spacial score (nSPS) is 20.0. The van der Waals surface area contributed by atoms with E-state index < -0.39 is 21.5 Å². The van der Waals surface area contributed by atoms with E-state index in [0.29, 0.717) is 12.1 Å². The van der Waals surface area contributed by atoms with E-state index in [2.05, 4.69) is 23.6 Å². The number of anilines is 1. The number of primary amides is 1. The smallest absolute Gasteiger partial charge is 0.243 e. The van der Waals surface area contributed by atoms with Gasteiger partial charge in [-0.1, -0.05) is 31.1 Å². The molecule has 0 atom stereocenters. The number of carbonyl (C=O) groups excluding carboxylic acids is 3. The summed E-state index contributed by atoms with van der Waals surface area (Å²) in [6, 6.07) is 5.41. The van der Waals surface area contributed by atoms with Gasteiger partial charge in [-0.05, 0) is 81.5 Å². The van der Waals surface area contributed by atoms with E-state index in [0.717, 1.165) is 49.7 Å². The Balaban J connectivity index is 1.56. The third-order valence-electron chi connectivity index (χ3n) is 7.82. The number of aryl methyl sites for hydroxylation is 2. The van der Waals surface area contributed by atoms with Crippen molar-refractivity contribution < 1.29 is 22.8 Å². The molecule has 1 aromatic carbocycles. The summed E-state index contributed by atoms with van der Waals surface area (Å²) in [5, 5.41) is 5.65. The number of benzene rings is 1. The largest absolute Gasteiger partial charge is 0.368 e. The molecule has 0 bridgehead atoms. The van der Waals surface area contributed by atoms with E-state index in [1.807, 2.05) is 19.1 Å². The molecule has 1 aliphatic heterocycles. The van der Waals surface area contributed by atoms with Gasteiger partial charge >= 0.3 is 0 Å². The van der Waals surface area contributed by atoms with E-state index in [-0.39, 0.29) is 49.4 Å². The van der Waals surface area contributed by atoms with Gasteiger partial charge in [0.05, 0.1) is 5.75 Å². The predicted octanol–water partition coefficient (Wildman–Crippen LogP) is 3.18. The van der Waals surface area contributed by atoms with E-state index in [1.165, 1.54) is 16.8 Å². The molecule has 10 heteroatoms. The Bertz CT molecular complexity index is 1160. The third-order valence-corrected chi connectivity index (χ3v) is 9.69. The van der Waals surface area contributed by atoms with Gasteiger partial charge in [0.25, 0.3) is 0 Å². The Kier molecular flexibility index (Phi) is 10.1. The van der Waals surface area contributed by atoms with Crippen LogP contribution in [0.25, 0.3) is 0 Å². The number of hydrogen-bond acceptors (Lipinski definition) is 5. The monoisotopic (exact) mass is 546 g/mol. The second-order valence-electron chi connectivity index (χ2n) is 10.6. The molecule has 3 rings (SSSR count). The first kappa shape index (κ1) is 29.8. The average molecular weight is 547 g/mol. The lowest BCUT2D eigenvalue weighted by atomic mass is 9.82. The number of allylic oxidation sites excluding steroid dienone is 2. The minimum atomic E-state index is -3.57. The van der Waals surface area contributed by atoms with E-state index in [9.17, 15) is 22.8 Å². The molecule has 210 valence electrons. The second-order valence-corrected chi connectivity index (χ2v) is 12.7. The van der Waals surface area contributed by atoms with Crippen LogP contribution in [0.15, 0.2) is 29.8 Å². The van der Waals surface area contributed by atoms with Gasteiger partial charge in [-0.2, -0.15) is 0 Å². The number of unbranched alkanes of at least 4 members (excludes halogenated alkanes) is 1. The first-order chi connectivity index (χ1) is 18.0. The summed E-state index contributed by atoms with van der Waals surface area (Å²) < 4.78 is 27.6. The fraction of sp³-hybridized carbons (Fsp3) is 0.607. The number of nitrogens with two attached hydrogens (primary N) is 1. The molecule has 1 aliphatic carbocycles. The van der Waals surface area contributed by atoms with Gasteiger partial charge in [-0.15, -0.1) is 0 Å². The lowest BCUT2D eigenvalue weighted by molar-refractivity contribution is -0.135. The Morgan fingerprint density at radius 1 is 1.16 bits per heavy atom. The molecular weight excluding hydrogens is 504 g/mol. The van der Waals surface area contributed by atoms with Crippen molar-refractivity contribution in [3.05, 3.63) is 41.0 Å². The van der Waals surface area contributed by atoms with Crippen molar-refractivity contribution in [2.24, 2.45) is 11.7 Å². The van der Waals surface area contributed by atoms with Gasteiger partial charge in [-0.3, -0.25) is 14.4 Å². The molecule has 2 fully saturated rings. The second kappa shape index (κ2) is 12.9. The lowest BCUT2D eigenvalue weighted by Crippen LogP contribution is -2.63. The van der Waals surface area contributed by atoms with E-state index >= 15 is 0 Å². The number of hydrogen-bond donors (Lipinski definition) is 3. The number of rotatable bonds is 10. The number of carbonyl (C=O) groups is 3. The summed E-state index contributed by atoms with van der Waals surface area (Å²) in [4.78, 5) is 36.8. The topological polar surface area (TPSA) is 139 Å². The average Bonchev–Trinajstić information content (AvgIpc) is 2.87. The minimum absolute atomic E-state index is 0.0702. The molecule has 1 aromatic rings. The molecule has 4 N–H and O–H groups in total. The first-order valence-corrected chi connectivity index (χ1v) is 15.2. The Labute approximate surface area is 226 Å². The fourth-order valence-electron chi connectivity index (χ4n) is 5.35. The number of nitrogens with zero attached hydrogens (tertiary/aromatic N) is 1. The maximum atomic E-state index is 13.1. The Morgan fingerprint density at radius 2 is 1.82 bits per heavy atom. The van der Waals surface area contributed by atoms with Crippen LogP contribution in [-0.2, 0) is 30.8 Å². The van der Waals surface area contributed by atoms with Gasteiger partial charge in [0.15, 0.2) is 0 Å². The minimum Gasteiger partial charge on any atom is -0.368 e. The molecule has 9 nitrogen and oxygen atoms in total. The summed E-state index contributed by atoms with van der Waals surface area (Å²) in [5.41, 5.74) is 8.38.